The molecular formula is C12H16N2O. The summed E-state index contributed by atoms with van der Waals surface area (Å²) < 4.78 is 5.06. The third kappa shape index (κ3) is 3.61. The first-order chi connectivity index (χ1) is 7.07. The molecule has 3 nitrogen and oxygen atoms in total. The van der Waals surface area contributed by atoms with Gasteiger partial charge in [-0.05, 0) is 31.5 Å². The predicted octanol–water partition coefficient (Wildman–Crippen LogP) is 2.09. The van der Waals surface area contributed by atoms with Gasteiger partial charge >= 0.3 is 0 Å². The van der Waals surface area contributed by atoms with E-state index in [2.05, 4.69) is 11.4 Å². The maximum atomic E-state index is 8.82. The summed E-state index contributed by atoms with van der Waals surface area (Å²) in [5.74, 6) is 0.846. The van der Waals surface area contributed by atoms with Crippen molar-refractivity contribution in [2.45, 2.75) is 25.9 Å². The lowest BCUT2D eigenvalue weighted by Gasteiger charge is -2.17. The van der Waals surface area contributed by atoms with E-state index >= 15 is 0 Å². The molecule has 0 unspecified atom stereocenters. The first kappa shape index (κ1) is 11.5. The summed E-state index contributed by atoms with van der Waals surface area (Å²) in [6.07, 6.45) is 0. The van der Waals surface area contributed by atoms with E-state index in [-0.39, 0.29) is 0 Å². The molecule has 3 heteroatoms. The van der Waals surface area contributed by atoms with Crippen LogP contribution in [0.4, 0.5) is 0 Å². The number of nitrogens with one attached hydrogen (secondary N) is 1. The molecular weight excluding hydrogens is 188 g/mol. The normalized spacial score (nSPS) is 10.8. The molecule has 0 fully saturated rings. The lowest BCUT2D eigenvalue weighted by atomic mass is 10.1. The molecule has 0 spiro atoms. The van der Waals surface area contributed by atoms with Crippen molar-refractivity contribution in [3.8, 4) is 11.8 Å². The number of methoxy groups -OCH3 is 1. The monoisotopic (exact) mass is 204 g/mol. The van der Waals surface area contributed by atoms with Gasteiger partial charge in [-0.25, -0.2) is 0 Å². The summed E-state index contributed by atoms with van der Waals surface area (Å²) >= 11 is 0. The molecule has 1 aromatic rings. The highest BCUT2D eigenvalue weighted by atomic mass is 16.5. The van der Waals surface area contributed by atoms with Crippen LogP contribution >= 0.6 is 0 Å². The van der Waals surface area contributed by atoms with Crippen molar-refractivity contribution in [2.24, 2.45) is 0 Å². The second-order valence-corrected chi connectivity index (χ2v) is 3.94. The standard InChI is InChI=1S/C12H16N2O/c1-12(2,9-13)14-8-10-4-6-11(15-3)7-5-10/h4-7,14H,8H2,1-3H3. The molecule has 1 N–H and O–H groups in total. The molecule has 0 bridgehead atoms. The Bertz CT molecular complexity index is 349. The van der Waals surface area contributed by atoms with Crippen molar-refractivity contribution >= 4 is 0 Å². The third-order valence-corrected chi connectivity index (χ3v) is 2.17. The number of ether oxygens (including phenoxy) is 1. The van der Waals surface area contributed by atoms with Crippen LogP contribution in [-0.4, -0.2) is 12.6 Å². The third-order valence-electron chi connectivity index (χ3n) is 2.17. The highest BCUT2D eigenvalue weighted by Crippen LogP contribution is 2.11. The van der Waals surface area contributed by atoms with E-state index < -0.39 is 5.54 Å². The summed E-state index contributed by atoms with van der Waals surface area (Å²) in [6.45, 7) is 4.40. The van der Waals surface area contributed by atoms with Gasteiger partial charge in [0, 0.05) is 6.54 Å². The molecule has 0 radical (unpaired) electrons. The molecule has 0 amide bonds. The van der Waals surface area contributed by atoms with Crippen LogP contribution in [0.3, 0.4) is 0 Å². The topological polar surface area (TPSA) is 45.0 Å². The molecule has 0 saturated heterocycles. The fourth-order valence-corrected chi connectivity index (χ4v) is 1.11. The Balaban J connectivity index is 2.56. The van der Waals surface area contributed by atoms with Gasteiger partial charge in [-0.1, -0.05) is 12.1 Å². The Morgan fingerprint density at radius 3 is 2.40 bits per heavy atom. The van der Waals surface area contributed by atoms with Gasteiger partial charge in [-0.3, -0.25) is 5.32 Å². The van der Waals surface area contributed by atoms with E-state index in [0.717, 1.165) is 11.3 Å². The van der Waals surface area contributed by atoms with E-state index in [1.807, 2.05) is 38.1 Å². The maximum absolute atomic E-state index is 8.82. The molecule has 1 rings (SSSR count). The zero-order chi connectivity index (χ0) is 11.3. The number of hydrogen-bond donors (Lipinski definition) is 1. The lowest BCUT2D eigenvalue weighted by Crippen LogP contribution is -2.36. The van der Waals surface area contributed by atoms with Crippen LogP contribution < -0.4 is 10.1 Å². The van der Waals surface area contributed by atoms with Crippen LogP contribution in [0.15, 0.2) is 24.3 Å². The zero-order valence-electron chi connectivity index (χ0n) is 9.37. The van der Waals surface area contributed by atoms with E-state index in [4.69, 9.17) is 10.00 Å². The molecule has 1 aromatic carbocycles. The summed E-state index contributed by atoms with van der Waals surface area (Å²) in [5, 5.41) is 12.0. The number of benzene rings is 1. The van der Waals surface area contributed by atoms with Crippen LogP contribution in [0.5, 0.6) is 5.75 Å². The van der Waals surface area contributed by atoms with Crippen LogP contribution in [0, 0.1) is 11.3 Å². The average Bonchev–Trinajstić information content (AvgIpc) is 2.27. The first-order valence-corrected chi connectivity index (χ1v) is 4.86. The quantitative estimate of drug-likeness (QED) is 0.816. The molecule has 0 saturated carbocycles. The van der Waals surface area contributed by atoms with Gasteiger partial charge < -0.3 is 4.74 Å². The van der Waals surface area contributed by atoms with E-state index in [1.54, 1.807) is 7.11 Å². The van der Waals surface area contributed by atoms with Gasteiger partial charge in [0.2, 0.25) is 0 Å². The van der Waals surface area contributed by atoms with Crippen molar-refractivity contribution in [3.05, 3.63) is 29.8 Å². The van der Waals surface area contributed by atoms with Crippen LogP contribution in [0.1, 0.15) is 19.4 Å². The minimum absolute atomic E-state index is 0.486. The van der Waals surface area contributed by atoms with Gasteiger partial charge in [-0.15, -0.1) is 0 Å². The fourth-order valence-electron chi connectivity index (χ4n) is 1.11. The van der Waals surface area contributed by atoms with Gasteiger partial charge in [0.1, 0.15) is 11.3 Å². The fraction of sp³-hybridized carbons (Fsp3) is 0.417. The van der Waals surface area contributed by atoms with E-state index in [9.17, 15) is 0 Å². The number of nitrogens with zero attached hydrogens (tertiary/aromatic N) is 1. The molecule has 0 atom stereocenters. The van der Waals surface area contributed by atoms with Crippen LogP contribution in [-0.2, 0) is 6.54 Å². The van der Waals surface area contributed by atoms with Crippen molar-refractivity contribution in [3.63, 3.8) is 0 Å². The van der Waals surface area contributed by atoms with Crippen molar-refractivity contribution < 1.29 is 4.74 Å². The Morgan fingerprint density at radius 1 is 1.33 bits per heavy atom. The highest BCUT2D eigenvalue weighted by Gasteiger charge is 2.14. The summed E-state index contributed by atoms with van der Waals surface area (Å²) in [5.41, 5.74) is 0.652. The zero-order valence-corrected chi connectivity index (χ0v) is 9.37. The maximum Gasteiger partial charge on any atom is 0.118 e. The Hall–Kier alpha value is -1.53. The highest BCUT2D eigenvalue weighted by molar-refractivity contribution is 5.27. The van der Waals surface area contributed by atoms with Gasteiger partial charge in [0.05, 0.1) is 13.2 Å². The van der Waals surface area contributed by atoms with Crippen molar-refractivity contribution in [2.75, 3.05) is 7.11 Å². The van der Waals surface area contributed by atoms with Gasteiger partial charge in [0.25, 0.3) is 0 Å². The SMILES string of the molecule is COc1ccc(CNC(C)(C)C#N)cc1. The summed E-state index contributed by atoms with van der Waals surface area (Å²) in [4.78, 5) is 0. The Labute approximate surface area is 90.7 Å². The summed E-state index contributed by atoms with van der Waals surface area (Å²) in [7, 11) is 1.64. The molecule has 0 aliphatic heterocycles. The predicted molar refractivity (Wildman–Crippen MR) is 59.5 cm³/mol. The second kappa shape index (κ2) is 4.81. The van der Waals surface area contributed by atoms with Gasteiger partial charge in [-0.2, -0.15) is 5.26 Å². The smallest absolute Gasteiger partial charge is 0.118 e. The Kier molecular flexibility index (Phi) is 3.70. The van der Waals surface area contributed by atoms with Crippen LogP contribution in [0.2, 0.25) is 0 Å². The molecule has 0 aromatic heterocycles. The van der Waals surface area contributed by atoms with Crippen molar-refractivity contribution in [1.29, 1.82) is 5.26 Å². The van der Waals surface area contributed by atoms with Crippen molar-refractivity contribution in [1.82, 2.24) is 5.32 Å². The first-order valence-electron chi connectivity index (χ1n) is 4.86. The van der Waals surface area contributed by atoms with E-state index in [0.29, 0.717) is 6.54 Å². The molecule has 80 valence electrons. The second-order valence-electron chi connectivity index (χ2n) is 3.94. The number of hydrogen-bond acceptors (Lipinski definition) is 3. The molecule has 0 heterocycles. The Morgan fingerprint density at radius 2 is 1.93 bits per heavy atom. The van der Waals surface area contributed by atoms with Gasteiger partial charge in [0.15, 0.2) is 0 Å². The summed E-state index contributed by atoms with van der Waals surface area (Å²) in [6, 6.07) is 10.00. The van der Waals surface area contributed by atoms with Crippen LogP contribution in [0.25, 0.3) is 0 Å². The number of nitriles is 1. The minimum atomic E-state index is -0.486. The number of rotatable bonds is 4. The molecule has 15 heavy (non-hydrogen) atoms. The minimum Gasteiger partial charge on any atom is -0.497 e. The largest absolute Gasteiger partial charge is 0.497 e. The lowest BCUT2D eigenvalue weighted by molar-refractivity contribution is 0.414. The molecule has 0 aliphatic rings. The average molecular weight is 204 g/mol. The molecule has 0 aliphatic carbocycles. The van der Waals surface area contributed by atoms with E-state index in [1.165, 1.54) is 0 Å².